The van der Waals surface area contributed by atoms with Crippen molar-refractivity contribution in [1.82, 2.24) is 10.6 Å². The molecule has 2 N–H and O–H groups in total. The first kappa shape index (κ1) is 31.0. The van der Waals surface area contributed by atoms with Crippen molar-refractivity contribution in [2.45, 2.75) is 24.7 Å². The third kappa shape index (κ3) is 7.36. The number of amides is 1. The number of carbonyl (C=O) groups excluding carboxylic acids is 1. The highest BCUT2D eigenvalue weighted by Crippen LogP contribution is 2.34. The Balaban J connectivity index is 0.000000216. The molecule has 0 aliphatic rings. The minimum absolute atomic E-state index is 0.0813. The molecule has 0 aliphatic carbocycles. The molecule has 0 aromatic heterocycles. The van der Waals surface area contributed by atoms with Crippen molar-refractivity contribution < 1.29 is 4.79 Å². The average Bonchev–Trinajstić information content (AvgIpc) is 2.94. The fourth-order valence-corrected chi connectivity index (χ4v) is 5.11. The molecule has 0 spiro atoms. The third-order valence-corrected chi connectivity index (χ3v) is 8.03. The lowest BCUT2D eigenvalue weighted by molar-refractivity contribution is -0.124. The summed E-state index contributed by atoms with van der Waals surface area (Å²) in [6.07, 6.45) is 0. The topological polar surface area (TPSA) is 41.1 Å². The van der Waals surface area contributed by atoms with E-state index in [1.54, 1.807) is 31.3 Å². The summed E-state index contributed by atoms with van der Waals surface area (Å²) < 4.78 is 0. The van der Waals surface area contributed by atoms with E-state index in [9.17, 15) is 4.79 Å². The molecule has 204 valence electrons. The fourth-order valence-electron chi connectivity index (χ4n) is 4.61. The second kappa shape index (κ2) is 13.7. The van der Waals surface area contributed by atoms with Gasteiger partial charge in [0.1, 0.15) is 0 Å². The largest absolute Gasteiger partial charge is 0.358 e. The van der Waals surface area contributed by atoms with Gasteiger partial charge in [0.05, 0.1) is 5.41 Å². The van der Waals surface area contributed by atoms with Crippen LogP contribution in [0, 0.1) is 0 Å². The Morgan fingerprint density at radius 2 is 0.846 bits per heavy atom. The Bertz CT molecular complexity index is 1260. The molecule has 3 nitrogen and oxygen atoms in total. The number of carbonyl (C=O) groups is 1. The molecule has 0 atom stereocenters. The Hall–Kier alpha value is -2.53. The molecule has 0 radical (unpaired) electrons. The maximum Gasteiger partial charge on any atom is 0.234 e. The van der Waals surface area contributed by atoms with Crippen LogP contribution >= 0.6 is 46.4 Å². The van der Waals surface area contributed by atoms with Gasteiger partial charge in [0.25, 0.3) is 0 Å². The van der Waals surface area contributed by atoms with Crippen molar-refractivity contribution in [1.29, 1.82) is 0 Å². The van der Waals surface area contributed by atoms with Crippen LogP contribution in [0.5, 0.6) is 0 Å². The van der Waals surface area contributed by atoms with Gasteiger partial charge in [-0.15, -0.1) is 0 Å². The van der Waals surface area contributed by atoms with Crippen LogP contribution in [-0.4, -0.2) is 26.5 Å². The summed E-state index contributed by atoms with van der Waals surface area (Å²) in [5.74, 6) is -0.0813. The van der Waals surface area contributed by atoms with Crippen molar-refractivity contribution in [2.24, 2.45) is 0 Å². The normalized spacial score (nSPS) is 11.4. The lowest BCUT2D eigenvalue weighted by Crippen LogP contribution is -2.41. The van der Waals surface area contributed by atoms with Gasteiger partial charge in [-0.05, 0) is 84.8 Å². The lowest BCUT2D eigenvalue weighted by Gasteiger charge is -2.31. The summed E-state index contributed by atoms with van der Waals surface area (Å²) in [7, 11) is 3.59. The Morgan fingerprint density at radius 3 is 1.10 bits per heavy atom. The van der Waals surface area contributed by atoms with Crippen LogP contribution in [0.15, 0.2) is 97.1 Å². The number of benzene rings is 4. The van der Waals surface area contributed by atoms with Crippen LogP contribution in [0.2, 0.25) is 20.1 Å². The van der Waals surface area contributed by atoms with Gasteiger partial charge >= 0.3 is 0 Å². The van der Waals surface area contributed by atoms with Crippen molar-refractivity contribution in [3.63, 3.8) is 0 Å². The third-order valence-electron chi connectivity index (χ3n) is 7.02. The van der Waals surface area contributed by atoms with Crippen LogP contribution in [0.4, 0.5) is 0 Å². The minimum atomic E-state index is -0.788. The Kier molecular flexibility index (Phi) is 10.9. The molecular formula is C32H32Cl4N2O. The molecule has 4 rings (SSSR count). The van der Waals surface area contributed by atoms with Crippen molar-refractivity contribution in [2.75, 3.05) is 20.6 Å². The van der Waals surface area contributed by atoms with Gasteiger partial charge in [0, 0.05) is 39.1 Å². The van der Waals surface area contributed by atoms with Gasteiger partial charge in [-0.1, -0.05) is 102 Å². The molecule has 0 unspecified atom stereocenters. The molecule has 1 amide bonds. The zero-order chi connectivity index (χ0) is 28.6. The van der Waals surface area contributed by atoms with E-state index in [0.29, 0.717) is 10.0 Å². The van der Waals surface area contributed by atoms with Crippen LogP contribution < -0.4 is 10.6 Å². The Morgan fingerprint density at radius 1 is 0.564 bits per heavy atom. The highest BCUT2D eigenvalue weighted by Gasteiger charge is 2.36. The van der Waals surface area contributed by atoms with E-state index in [1.165, 1.54) is 11.1 Å². The highest BCUT2D eigenvalue weighted by atomic mass is 35.5. The molecule has 4 aromatic rings. The van der Waals surface area contributed by atoms with E-state index in [1.807, 2.05) is 62.5 Å². The average molecular weight is 602 g/mol. The predicted octanol–water partition coefficient (Wildman–Crippen LogP) is 8.56. The molecule has 7 heteroatoms. The number of hydrogen-bond acceptors (Lipinski definition) is 2. The van der Waals surface area contributed by atoms with Crippen molar-refractivity contribution in [3.8, 4) is 0 Å². The van der Waals surface area contributed by atoms with Crippen LogP contribution in [0.3, 0.4) is 0 Å². The maximum absolute atomic E-state index is 12.4. The van der Waals surface area contributed by atoms with E-state index in [4.69, 9.17) is 46.4 Å². The lowest BCUT2D eigenvalue weighted by atomic mass is 9.75. The van der Waals surface area contributed by atoms with Gasteiger partial charge in [-0.25, -0.2) is 0 Å². The maximum atomic E-state index is 12.4. The standard InChI is InChI=1S/C16H15Cl2NO.C16H17Cl2N/c1-16(15(20)19-2,11-3-7-13(17)8-4-11)12-5-9-14(18)10-6-12;1-16(11-19-2,12-3-7-14(17)8-4-12)13-5-9-15(18)10-6-13/h3-10H,1-2H3,(H,19,20);3-10,19H,11H2,1-2H3. The van der Waals surface area contributed by atoms with Crippen LogP contribution in [0.1, 0.15) is 36.1 Å². The smallest absolute Gasteiger partial charge is 0.234 e. The number of likely N-dealkylation sites (N-methyl/N-ethyl adjacent to an activating group) is 2. The molecular weight excluding hydrogens is 570 g/mol. The molecule has 0 saturated carbocycles. The second-order valence-electron chi connectivity index (χ2n) is 9.59. The van der Waals surface area contributed by atoms with E-state index < -0.39 is 5.41 Å². The molecule has 0 saturated heterocycles. The van der Waals surface area contributed by atoms with E-state index >= 15 is 0 Å². The first-order valence-corrected chi connectivity index (χ1v) is 14.0. The molecule has 0 fully saturated rings. The highest BCUT2D eigenvalue weighted by molar-refractivity contribution is 6.31. The molecule has 39 heavy (non-hydrogen) atoms. The van der Waals surface area contributed by atoms with Crippen molar-refractivity contribution >= 4 is 52.3 Å². The van der Waals surface area contributed by atoms with E-state index in [-0.39, 0.29) is 11.3 Å². The summed E-state index contributed by atoms with van der Waals surface area (Å²) in [5.41, 5.74) is 3.32. The quantitative estimate of drug-likeness (QED) is 0.223. The SMILES string of the molecule is CNC(=O)C(C)(c1ccc(Cl)cc1)c1ccc(Cl)cc1.CNCC(C)(c1ccc(Cl)cc1)c1ccc(Cl)cc1. The summed E-state index contributed by atoms with van der Waals surface area (Å²) in [6.45, 7) is 4.95. The molecule has 0 aliphatic heterocycles. The van der Waals surface area contributed by atoms with E-state index in [0.717, 1.165) is 27.7 Å². The predicted molar refractivity (Wildman–Crippen MR) is 167 cm³/mol. The zero-order valence-electron chi connectivity index (χ0n) is 22.4. The Labute approximate surface area is 251 Å². The van der Waals surface area contributed by atoms with Gasteiger partial charge in [0.2, 0.25) is 5.91 Å². The van der Waals surface area contributed by atoms with Gasteiger partial charge in [-0.3, -0.25) is 4.79 Å². The summed E-state index contributed by atoms with van der Waals surface area (Å²) in [5, 5.41) is 8.79. The zero-order valence-corrected chi connectivity index (χ0v) is 25.4. The van der Waals surface area contributed by atoms with Crippen LogP contribution in [-0.2, 0) is 15.6 Å². The van der Waals surface area contributed by atoms with Gasteiger partial charge < -0.3 is 10.6 Å². The number of hydrogen-bond donors (Lipinski definition) is 2. The fraction of sp³-hybridized carbons (Fsp3) is 0.219. The first-order valence-electron chi connectivity index (χ1n) is 12.5. The number of halogens is 4. The van der Waals surface area contributed by atoms with Gasteiger partial charge in [0.15, 0.2) is 0 Å². The van der Waals surface area contributed by atoms with Crippen molar-refractivity contribution in [3.05, 3.63) is 139 Å². The van der Waals surface area contributed by atoms with Crippen LogP contribution in [0.25, 0.3) is 0 Å². The van der Waals surface area contributed by atoms with E-state index in [2.05, 4.69) is 41.8 Å². The minimum Gasteiger partial charge on any atom is -0.358 e. The summed E-state index contributed by atoms with van der Waals surface area (Å²) in [6, 6.07) is 30.6. The summed E-state index contributed by atoms with van der Waals surface area (Å²) in [4.78, 5) is 12.4. The van der Waals surface area contributed by atoms with Gasteiger partial charge in [-0.2, -0.15) is 0 Å². The molecule has 0 heterocycles. The summed E-state index contributed by atoms with van der Waals surface area (Å²) >= 11 is 23.8. The monoisotopic (exact) mass is 600 g/mol. The first-order chi connectivity index (χ1) is 18.5. The molecule has 0 bridgehead atoms. The number of rotatable bonds is 7. The second-order valence-corrected chi connectivity index (χ2v) is 11.3. The number of nitrogens with one attached hydrogen (secondary N) is 2. The molecule has 4 aromatic carbocycles.